The summed E-state index contributed by atoms with van der Waals surface area (Å²) in [6, 6.07) is 0. The number of fused-ring (bicyclic) bond motifs is 5. The van der Waals surface area contributed by atoms with Crippen molar-refractivity contribution in [3.05, 3.63) is 0 Å². The number of carbonyl (C=O) groups is 1. The fraction of sp³-hybridized carbons (Fsp3) is 0.962. The maximum atomic E-state index is 12.2. The Balaban J connectivity index is 1.40. The summed E-state index contributed by atoms with van der Waals surface area (Å²) in [7, 11) is -4.07. The lowest BCUT2D eigenvalue weighted by Crippen LogP contribution is -2.58. The molecule has 4 aliphatic carbocycles. The molecule has 10 atom stereocenters. The van der Waals surface area contributed by atoms with Crippen molar-refractivity contribution in [2.24, 2.45) is 46.3 Å². The lowest BCUT2D eigenvalue weighted by atomic mass is 9.43. The van der Waals surface area contributed by atoms with Crippen molar-refractivity contribution in [3.63, 3.8) is 0 Å². The molecule has 7 nitrogen and oxygen atoms in total. The first kappa shape index (κ1) is 26.4. The van der Waals surface area contributed by atoms with E-state index in [4.69, 9.17) is 4.55 Å². The quantitative estimate of drug-likeness (QED) is 0.398. The maximum absolute atomic E-state index is 12.2. The van der Waals surface area contributed by atoms with E-state index < -0.39 is 15.9 Å². The van der Waals surface area contributed by atoms with Gasteiger partial charge in [-0.15, -0.1) is 0 Å². The highest BCUT2D eigenvalue weighted by Gasteiger charge is 2.63. The fourth-order valence-electron chi connectivity index (χ4n) is 9.13. The zero-order valence-electron chi connectivity index (χ0n) is 21.1. The van der Waals surface area contributed by atoms with E-state index in [0.717, 1.165) is 38.5 Å². The van der Waals surface area contributed by atoms with Gasteiger partial charge in [-0.25, -0.2) is 0 Å². The maximum Gasteiger partial charge on any atom is 0.266 e. The first-order valence-electron chi connectivity index (χ1n) is 13.4. The summed E-state index contributed by atoms with van der Waals surface area (Å²) in [5.41, 5.74) is 0.105. The van der Waals surface area contributed by atoms with Crippen LogP contribution in [0.2, 0.25) is 0 Å². The number of rotatable bonds is 7. The number of hydrogen-bond acceptors (Lipinski definition) is 5. The largest absolute Gasteiger partial charge is 0.393 e. The van der Waals surface area contributed by atoms with Crippen LogP contribution in [0.1, 0.15) is 85.0 Å². The second-order valence-corrected chi connectivity index (χ2v) is 14.1. The molecule has 4 rings (SSSR count). The SMILES string of the molecule is C[C@H](CCC(=O)NCCS(=O)(=O)O)C1CCC2C3CCC4CC(O)CCC4(C)C3CC(O)C21C. The summed E-state index contributed by atoms with van der Waals surface area (Å²) < 4.78 is 30.5. The van der Waals surface area contributed by atoms with E-state index in [1.165, 1.54) is 12.8 Å². The Morgan fingerprint density at radius 3 is 2.50 bits per heavy atom. The Labute approximate surface area is 205 Å². The summed E-state index contributed by atoms with van der Waals surface area (Å²) in [4.78, 5) is 12.2. The number of aliphatic hydroxyl groups excluding tert-OH is 2. The highest BCUT2D eigenvalue weighted by Crippen LogP contribution is 2.68. The van der Waals surface area contributed by atoms with Gasteiger partial charge in [0.05, 0.1) is 18.0 Å². The molecule has 0 aromatic rings. The highest BCUT2D eigenvalue weighted by atomic mass is 32.2. The van der Waals surface area contributed by atoms with E-state index >= 15 is 0 Å². The predicted molar refractivity (Wildman–Crippen MR) is 130 cm³/mol. The Morgan fingerprint density at radius 2 is 1.79 bits per heavy atom. The van der Waals surface area contributed by atoms with Gasteiger partial charge in [-0.05, 0) is 104 Å². The van der Waals surface area contributed by atoms with Crippen molar-refractivity contribution in [2.45, 2.75) is 97.2 Å². The van der Waals surface area contributed by atoms with Crippen LogP contribution >= 0.6 is 0 Å². The van der Waals surface area contributed by atoms with Crippen LogP contribution < -0.4 is 5.32 Å². The third-order valence-electron chi connectivity index (χ3n) is 11.0. The van der Waals surface area contributed by atoms with Gasteiger partial charge in [0.25, 0.3) is 10.1 Å². The fourth-order valence-corrected chi connectivity index (χ4v) is 9.49. The molecule has 4 saturated carbocycles. The molecule has 196 valence electrons. The van der Waals surface area contributed by atoms with E-state index in [1.807, 2.05) is 0 Å². The van der Waals surface area contributed by atoms with Gasteiger partial charge in [0, 0.05) is 13.0 Å². The standard InChI is InChI=1S/C26H45NO6S/c1-16(4-9-24(30)27-12-13-34(31,32)33)20-7-8-21-19-6-5-17-14-18(28)10-11-25(17,2)22(19)15-23(29)26(20,21)3/h16-23,28-29H,4-15H2,1-3H3,(H,27,30)(H,31,32,33)/t16-,17?,18?,19?,20?,21?,22?,23?,25?,26?/m1/s1. The van der Waals surface area contributed by atoms with E-state index in [9.17, 15) is 23.4 Å². The van der Waals surface area contributed by atoms with Gasteiger partial charge < -0.3 is 15.5 Å². The first-order valence-corrected chi connectivity index (χ1v) is 15.0. The van der Waals surface area contributed by atoms with Crippen LogP contribution in [0.15, 0.2) is 0 Å². The van der Waals surface area contributed by atoms with Gasteiger partial charge in [0.2, 0.25) is 5.91 Å². The summed E-state index contributed by atoms with van der Waals surface area (Å²) in [6.07, 6.45) is 8.93. The molecule has 9 unspecified atom stereocenters. The third-order valence-corrected chi connectivity index (χ3v) is 11.7. The van der Waals surface area contributed by atoms with Crippen LogP contribution in [-0.2, 0) is 14.9 Å². The van der Waals surface area contributed by atoms with Crippen molar-refractivity contribution in [1.82, 2.24) is 5.32 Å². The predicted octanol–water partition coefficient (Wildman–Crippen LogP) is 3.40. The second-order valence-electron chi connectivity index (χ2n) is 12.5. The Hall–Kier alpha value is -0.700. The lowest BCUT2D eigenvalue weighted by Gasteiger charge is -2.62. The summed E-state index contributed by atoms with van der Waals surface area (Å²) >= 11 is 0. The molecule has 0 aromatic carbocycles. The topological polar surface area (TPSA) is 124 Å². The van der Waals surface area contributed by atoms with Gasteiger partial charge in [-0.3, -0.25) is 9.35 Å². The highest BCUT2D eigenvalue weighted by molar-refractivity contribution is 7.85. The Morgan fingerprint density at radius 1 is 1.06 bits per heavy atom. The third kappa shape index (κ3) is 4.81. The van der Waals surface area contributed by atoms with Gasteiger partial charge in [0.1, 0.15) is 0 Å². The summed E-state index contributed by atoms with van der Waals surface area (Å²) in [6.45, 7) is 6.86. The smallest absolute Gasteiger partial charge is 0.266 e. The van der Waals surface area contributed by atoms with Gasteiger partial charge >= 0.3 is 0 Å². The van der Waals surface area contributed by atoms with Gasteiger partial charge in [-0.1, -0.05) is 20.8 Å². The Bertz CT molecular complexity index is 863. The van der Waals surface area contributed by atoms with Crippen LogP contribution in [0.25, 0.3) is 0 Å². The van der Waals surface area contributed by atoms with Crippen LogP contribution in [0.3, 0.4) is 0 Å². The van der Waals surface area contributed by atoms with Crippen molar-refractivity contribution < 1.29 is 28.0 Å². The van der Waals surface area contributed by atoms with E-state index in [-0.39, 0.29) is 35.5 Å². The van der Waals surface area contributed by atoms with E-state index in [0.29, 0.717) is 48.3 Å². The zero-order chi connectivity index (χ0) is 24.9. The van der Waals surface area contributed by atoms with Crippen molar-refractivity contribution >= 4 is 16.0 Å². The molecule has 0 saturated heterocycles. The average Bonchev–Trinajstić information content (AvgIpc) is 3.11. The molecule has 0 aromatic heterocycles. The normalized spacial score (nSPS) is 45.1. The molecule has 4 N–H and O–H groups in total. The minimum absolute atomic E-state index is 0.0756. The number of hydrogen-bond donors (Lipinski definition) is 4. The van der Waals surface area contributed by atoms with Crippen molar-refractivity contribution in [3.8, 4) is 0 Å². The molecule has 0 bridgehead atoms. The average molecular weight is 500 g/mol. The number of amides is 1. The Kier molecular flexibility index (Phi) is 7.47. The minimum atomic E-state index is -4.07. The molecule has 34 heavy (non-hydrogen) atoms. The minimum Gasteiger partial charge on any atom is -0.393 e. The molecule has 0 heterocycles. The van der Waals surface area contributed by atoms with E-state index in [1.54, 1.807) is 0 Å². The second kappa shape index (κ2) is 9.64. The van der Waals surface area contributed by atoms with Crippen LogP contribution in [0.4, 0.5) is 0 Å². The molecular formula is C26H45NO6S. The lowest BCUT2D eigenvalue weighted by molar-refractivity contribution is -0.174. The molecule has 0 spiro atoms. The van der Waals surface area contributed by atoms with Crippen molar-refractivity contribution in [2.75, 3.05) is 12.3 Å². The molecular weight excluding hydrogens is 454 g/mol. The number of nitrogens with one attached hydrogen (secondary N) is 1. The first-order chi connectivity index (χ1) is 15.9. The molecule has 8 heteroatoms. The summed E-state index contributed by atoms with van der Waals surface area (Å²) in [5, 5.41) is 24.5. The molecule has 1 amide bonds. The zero-order valence-corrected chi connectivity index (χ0v) is 21.9. The van der Waals surface area contributed by atoms with Gasteiger partial charge in [-0.2, -0.15) is 8.42 Å². The van der Waals surface area contributed by atoms with E-state index in [2.05, 4.69) is 26.1 Å². The van der Waals surface area contributed by atoms with Crippen LogP contribution in [0.5, 0.6) is 0 Å². The molecule has 4 aliphatic rings. The van der Waals surface area contributed by atoms with Crippen LogP contribution in [0, 0.1) is 46.3 Å². The van der Waals surface area contributed by atoms with Crippen LogP contribution in [-0.4, -0.2) is 53.6 Å². The van der Waals surface area contributed by atoms with Crippen molar-refractivity contribution in [1.29, 1.82) is 0 Å². The van der Waals surface area contributed by atoms with Gasteiger partial charge in [0.15, 0.2) is 0 Å². The monoisotopic (exact) mass is 499 g/mol. The summed E-state index contributed by atoms with van der Waals surface area (Å²) in [5.74, 6) is 2.28. The molecule has 0 aliphatic heterocycles. The molecule has 0 radical (unpaired) electrons. The number of aliphatic hydroxyl groups is 2. The molecule has 4 fully saturated rings. The number of carbonyl (C=O) groups excluding carboxylic acids is 1.